The lowest BCUT2D eigenvalue weighted by atomic mass is 9.75. The summed E-state index contributed by atoms with van der Waals surface area (Å²) in [7, 11) is 0. The van der Waals surface area contributed by atoms with Crippen molar-refractivity contribution in [2.24, 2.45) is 10.8 Å². The maximum absolute atomic E-state index is 3.30. The summed E-state index contributed by atoms with van der Waals surface area (Å²) in [4.78, 5) is 0. The fourth-order valence-electron chi connectivity index (χ4n) is 1.09. The van der Waals surface area contributed by atoms with Crippen molar-refractivity contribution in [3.8, 4) is 11.8 Å². The van der Waals surface area contributed by atoms with Gasteiger partial charge in [0, 0.05) is 10.8 Å². The number of rotatable bonds is 0. The van der Waals surface area contributed by atoms with Crippen LogP contribution < -0.4 is 0 Å². The Morgan fingerprint density at radius 1 is 0.800 bits per heavy atom. The fraction of sp³-hybridized carbons (Fsp3) is 0.800. The van der Waals surface area contributed by atoms with Crippen molar-refractivity contribution in [1.82, 2.24) is 0 Å². The third-order valence-corrected chi connectivity index (χ3v) is 2.11. The first kappa shape index (κ1) is 7.66. The highest BCUT2D eigenvalue weighted by molar-refractivity contribution is 5.18. The second kappa shape index (κ2) is 2.02. The van der Waals surface area contributed by atoms with Crippen LogP contribution in [0.5, 0.6) is 0 Å². The van der Waals surface area contributed by atoms with Gasteiger partial charge in [0.1, 0.15) is 0 Å². The highest BCUT2D eigenvalue weighted by Gasteiger charge is 2.25. The Balaban J connectivity index is 2.80. The predicted octanol–water partition coefficient (Wildman–Crippen LogP) is 2.84. The molecule has 0 N–H and O–H groups in total. The van der Waals surface area contributed by atoms with Crippen LogP contribution in [-0.2, 0) is 0 Å². The molecule has 0 heterocycles. The van der Waals surface area contributed by atoms with Gasteiger partial charge in [-0.15, -0.1) is 0 Å². The van der Waals surface area contributed by atoms with Crippen LogP contribution in [0, 0.1) is 22.7 Å². The molecule has 0 nitrogen and oxygen atoms in total. The zero-order valence-corrected chi connectivity index (χ0v) is 7.41. The lowest BCUT2D eigenvalue weighted by molar-refractivity contribution is 0.329. The Bertz CT molecular complexity index is 166. The molecule has 0 amide bonds. The van der Waals surface area contributed by atoms with Crippen LogP contribution in [-0.4, -0.2) is 0 Å². The van der Waals surface area contributed by atoms with Crippen molar-refractivity contribution < 1.29 is 0 Å². The maximum Gasteiger partial charge on any atom is 0.0259 e. The van der Waals surface area contributed by atoms with Crippen LogP contribution in [0.1, 0.15) is 40.5 Å². The Hall–Kier alpha value is -0.440. The Labute approximate surface area is 64.0 Å². The summed E-state index contributed by atoms with van der Waals surface area (Å²) in [5.74, 6) is 6.60. The molecule has 1 rings (SSSR count). The summed E-state index contributed by atoms with van der Waals surface area (Å²) in [6.07, 6.45) is 2.49. The number of hydrogen-bond donors (Lipinski definition) is 0. The smallest absolute Gasteiger partial charge is 0.0259 e. The highest BCUT2D eigenvalue weighted by Crippen LogP contribution is 2.34. The standard InChI is InChI=1S/C10H16/c1-9(2)5-7-10(3,4)8-6-9/h5,7H2,1-4H3. The third kappa shape index (κ3) is 1.77. The summed E-state index contributed by atoms with van der Waals surface area (Å²) in [5.41, 5.74) is 0.547. The maximum atomic E-state index is 3.30. The van der Waals surface area contributed by atoms with Gasteiger partial charge in [0.2, 0.25) is 0 Å². The monoisotopic (exact) mass is 136 g/mol. The predicted molar refractivity (Wildman–Crippen MR) is 44.6 cm³/mol. The van der Waals surface area contributed by atoms with E-state index in [0.717, 1.165) is 0 Å². The molecule has 0 spiro atoms. The Kier molecular flexibility index (Phi) is 1.55. The van der Waals surface area contributed by atoms with Crippen molar-refractivity contribution in [1.29, 1.82) is 0 Å². The average Bonchev–Trinajstić information content (AvgIpc) is 1.79. The van der Waals surface area contributed by atoms with E-state index in [1.54, 1.807) is 0 Å². The molecular formula is C10H16. The van der Waals surface area contributed by atoms with E-state index in [9.17, 15) is 0 Å². The Morgan fingerprint density at radius 3 is 1.30 bits per heavy atom. The van der Waals surface area contributed by atoms with Gasteiger partial charge in [0.05, 0.1) is 0 Å². The van der Waals surface area contributed by atoms with E-state index in [2.05, 4.69) is 39.5 Å². The van der Waals surface area contributed by atoms with Crippen molar-refractivity contribution in [3.05, 3.63) is 0 Å². The van der Waals surface area contributed by atoms with Gasteiger partial charge in [0.25, 0.3) is 0 Å². The molecular weight excluding hydrogens is 120 g/mol. The molecule has 0 aromatic rings. The van der Waals surface area contributed by atoms with Crippen LogP contribution >= 0.6 is 0 Å². The van der Waals surface area contributed by atoms with E-state index in [1.807, 2.05) is 0 Å². The quantitative estimate of drug-likeness (QED) is 0.449. The van der Waals surface area contributed by atoms with E-state index >= 15 is 0 Å². The summed E-state index contributed by atoms with van der Waals surface area (Å²) in [5, 5.41) is 0. The van der Waals surface area contributed by atoms with Crippen LogP contribution in [0.4, 0.5) is 0 Å². The first-order valence-electron chi connectivity index (χ1n) is 3.96. The second-order valence-electron chi connectivity index (χ2n) is 4.52. The molecule has 0 atom stereocenters. The topological polar surface area (TPSA) is 0 Å². The molecule has 0 unspecified atom stereocenters. The molecule has 0 saturated carbocycles. The van der Waals surface area contributed by atoms with Gasteiger partial charge in [-0.1, -0.05) is 11.8 Å². The first-order valence-corrected chi connectivity index (χ1v) is 3.96. The van der Waals surface area contributed by atoms with Gasteiger partial charge < -0.3 is 0 Å². The molecule has 1 aliphatic carbocycles. The zero-order valence-electron chi connectivity index (χ0n) is 7.41. The fourth-order valence-corrected chi connectivity index (χ4v) is 1.09. The first-order chi connectivity index (χ1) is 4.41. The van der Waals surface area contributed by atoms with Crippen molar-refractivity contribution in [2.45, 2.75) is 40.5 Å². The molecule has 56 valence electrons. The lowest BCUT2D eigenvalue weighted by Crippen LogP contribution is -2.20. The van der Waals surface area contributed by atoms with Gasteiger partial charge in [-0.25, -0.2) is 0 Å². The SMILES string of the molecule is CC1(C)C#CC(C)(C)CC1. The minimum absolute atomic E-state index is 0.273. The second-order valence-corrected chi connectivity index (χ2v) is 4.52. The Morgan fingerprint density at radius 2 is 1.10 bits per heavy atom. The largest absolute Gasteiger partial charge is 0.0965 e. The van der Waals surface area contributed by atoms with Crippen molar-refractivity contribution in [3.63, 3.8) is 0 Å². The van der Waals surface area contributed by atoms with E-state index < -0.39 is 0 Å². The molecule has 0 radical (unpaired) electrons. The average molecular weight is 136 g/mol. The number of hydrogen-bond acceptors (Lipinski definition) is 0. The minimum Gasteiger partial charge on any atom is -0.0965 e. The summed E-state index contributed by atoms with van der Waals surface area (Å²) in [6, 6.07) is 0. The van der Waals surface area contributed by atoms with E-state index in [4.69, 9.17) is 0 Å². The summed E-state index contributed by atoms with van der Waals surface area (Å²) < 4.78 is 0. The van der Waals surface area contributed by atoms with Gasteiger partial charge in [0.15, 0.2) is 0 Å². The van der Waals surface area contributed by atoms with Crippen LogP contribution in [0.2, 0.25) is 0 Å². The normalized spacial score (nSPS) is 26.8. The highest BCUT2D eigenvalue weighted by atomic mass is 14.3. The molecule has 1 aliphatic rings. The van der Waals surface area contributed by atoms with Gasteiger partial charge in [-0.2, -0.15) is 0 Å². The van der Waals surface area contributed by atoms with E-state index in [-0.39, 0.29) is 10.8 Å². The minimum atomic E-state index is 0.273. The van der Waals surface area contributed by atoms with Crippen molar-refractivity contribution >= 4 is 0 Å². The van der Waals surface area contributed by atoms with Gasteiger partial charge >= 0.3 is 0 Å². The lowest BCUT2D eigenvalue weighted by Gasteiger charge is -2.29. The molecule has 0 fully saturated rings. The molecule has 10 heavy (non-hydrogen) atoms. The summed E-state index contributed by atoms with van der Waals surface area (Å²) >= 11 is 0. The third-order valence-electron chi connectivity index (χ3n) is 2.11. The van der Waals surface area contributed by atoms with E-state index in [1.165, 1.54) is 12.8 Å². The van der Waals surface area contributed by atoms with Gasteiger partial charge in [-0.05, 0) is 40.5 Å². The van der Waals surface area contributed by atoms with Crippen molar-refractivity contribution in [2.75, 3.05) is 0 Å². The molecule has 0 aromatic heterocycles. The molecule has 0 heteroatoms. The van der Waals surface area contributed by atoms with E-state index in [0.29, 0.717) is 0 Å². The molecule has 0 saturated heterocycles. The molecule has 0 aromatic carbocycles. The molecule has 0 bridgehead atoms. The van der Waals surface area contributed by atoms with Crippen LogP contribution in [0.3, 0.4) is 0 Å². The zero-order chi connectivity index (χ0) is 7.83. The molecule has 0 aliphatic heterocycles. The van der Waals surface area contributed by atoms with Crippen LogP contribution in [0.25, 0.3) is 0 Å². The van der Waals surface area contributed by atoms with Crippen LogP contribution in [0.15, 0.2) is 0 Å². The van der Waals surface area contributed by atoms with Gasteiger partial charge in [-0.3, -0.25) is 0 Å². The summed E-state index contributed by atoms with van der Waals surface area (Å²) in [6.45, 7) is 8.87.